The van der Waals surface area contributed by atoms with Crippen molar-refractivity contribution in [2.24, 2.45) is 34.5 Å². The van der Waals surface area contributed by atoms with Crippen molar-refractivity contribution >= 4 is 5.78 Å². The first-order valence-electron chi connectivity index (χ1n) is 9.48. The second kappa shape index (κ2) is 5.04. The van der Waals surface area contributed by atoms with Crippen LogP contribution in [0.5, 0.6) is 0 Å². The summed E-state index contributed by atoms with van der Waals surface area (Å²) in [6, 6.07) is 0. The summed E-state index contributed by atoms with van der Waals surface area (Å²) >= 11 is 0. The van der Waals surface area contributed by atoms with Crippen LogP contribution in [0.3, 0.4) is 0 Å². The molecule has 23 heavy (non-hydrogen) atoms. The summed E-state index contributed by atoms with van der Waals surface area (Å²) in [6.07, 6.45) is 11.3. The number of hydrogen-bond donors (Lipinski definition) is 0. The monoisotopic (exact) mass is 316 g/mol. The molecule has 126 valence electrons. The lowest BCUT2D eigenvalue weighted by Crippen LogP contribution is -2.53. The van der Waals surface area contributed by atoms with Gasteiger partial charge in [0.1, 0.15) is 6.17 Å². The zero-order valence-electron chi connectivity index (χ0n) is 14.6. The van der Waals surface area contributed by atoms with Gasteiger partial charge in [-0.2, -0.15) is 0 Å². The highest BCUT2D eigenvalue weighted by molar-refractivity contribution is 6.01. The molecule has 0 aromatic carbocycles. The van der Waals surface area contributed by atoms with Crippen LogP contribution in [0.1, 0.15) is 59.3 Å². The zero-order valence-corrected chi connectivity index (χ0v) is 14.6. The number of hydrogen-bond acceptors (Lipinski definition) is 1. The minimum absolute atomic E-state index is 0.0377. The summed E-state index contributed by atoms with van der Waals surface area (Å²) in [7, 11) is 0. The number of ketones is 1. The van der Waals surface area contributed by atoms with Crippen LogP contribution in [0.4, 0.5) is 4.39 Å². The summed E-state index contributed by atoms with van der Waals surface area (Å²) < 4.78 is 15.3. The van der Waals surface area contributed by atoms with Gasteiger partial charge in [-0.05, 0) is 66.9 Å². The van der Waals surface area contributed by atoms with Gasteiger partial charge >= 0.3 is 0 Å². The van der Waals surface area contributed by atoms with E-state index in [-0.39, 0.29) is 17.1 Å². The maximum Gasteiger partial charge on any atom is 0.178 e. The average molecular weight is 316 g/mol. The van der Waals surface area contributed by atoms with E-state index in [2.05, 4.69) is 26.8 Å². The summed E-state index contributed by atoms with van der Waals surface area (Å²) in [4.78, 5) is 11.8. The first-order chi connectivity index (χ1) is 10.9. The van der Waals surface area contributed by atoms with E-state index in [1.165, 1.54) is 25.7 Å². The smallest absolute Gasteiger partial charge is 0.178 e. The Balaban J connectivity index is 1.73. The number of alkyl halides is 1. The van der Waals surface area contributed by atoms with E-state index in [1.807, 2.05) is 0 Å². The number of carbonyl (C=O) groups is 1. The number of carbonyl (C=O) groups excluding carboxylic acids is 1. The molecule has 4 rings (SSSR count). The summed E-state index contributed by atoms with van der Waals surface area (Å²) in [6.45, 7) is 6.99. The quantitative estimate of drug-likeness (QED) is 0.644. The van der Waals surface area contributed by atoms with Crippen LogP contribution in [0.25, 0.3) is 0 Å². The molecule has 0 aliphatic heterocycles. The van der Waals surface area contributed by atoms with Gasteiger partial charge in [-0.25, -0.2) is 4.39 Å². The van der Waals surface area contributed by atoms with E-state index in [0.717, 1.165) is 17.9 Å². The van der Waals surface area contributed by atoms with Crippen LogP contribution in [-0.2, 0) is 4.79 Å². The molecule has 0 bridgehead atoms. The Kier molecular flexibility index (Phi) is 3.42. The summed E-state index contributed by atoms with van der Waals surface area (Å²) in [5.74, 6) is 1.90. The van der Waals surface area contributed by atoms with Gasteiger partial charge in [-0.1, -0.05) is 38.8 Å². The Labute approximate surface area is 139 Å². The molecular weight excluding hydrogens is 287 g/mol. The second-order valence-corrected chi connectivity index (χ2v) is 8.93. The van der Waals surface area contributed by atoms with Crippen molar-refractivity contribution in [1.82, 2.24) is 0 Å². The third-order valence-electron chi connectivity index (χ3n) is 8.23. The minimum Gasteiger partial charge on any atom is -0.290 e. The Bertz CT molecular complexity index is 591. The predicted octanol–water partition coefficient (Wildman–Crippen LogP) is 5.27. The highest BCUT2D eigenvalue weighted by Gasteiger charge is 2.60. The molecule has 0 amide bonds. The van der Waals surface area contributed by atoms with Crippen molar-refractivity contribution in [3.8, 4) is 0 Å². The fourth-order valence-corrected chi connectivity index (χ4v) is 6.90. The summed E-state index contributed by atoms with van der Waals surface area (Å²) in [5.41, 5.74) is 1.30. The maximum atomic E-state index is 15.3. The van der Waals surface area contributed by atoms with E-state index in [9.17, 15) is 4.79 Å². The van der Waals surface area contributed by atoms with Crippen molar-refractivity contribution in [2.75, 3.05) is 0 Å². The number of fused-ring (bicyclic) bond motifs is 5. The maximum absolute atomic E-state index is 15.3. The van der Waals surface area contributed by atoms with E-state index in [4.69, 9.17) is 0 Å². The van der Waals surface area contributed by atoms with Crippen LogP contribution in [-0.4, -0.2) is 12.0 Å². The lowest BCUT2D eigenvalue weighted by molar-refractivity contribution is -0.111. The van der Waals surface area contributed by atoms with Crippen molar-refractivity contribution in [3.05, 3.63) is 23.8 Å². The van der Waals surface area contributed by atoms with Gasteiger partial charge in [0.15, 0.2) is 5.78 Å². The molecule has 0 heterocycles. The van der Waals surface area contributed by atoms with Crippen LogP contribution in [0.2, 0.25) is 0 Å². The highest BCUT2D eigenvalue weighted by atomic mass is 19.1. The van der Waals surface area contributed by atoms with Crippen LogP contribution >= 0.6 is 0 Å². The van der Waals surface area contributed by atoms with Gasteiger partial charge in [-0.3, -0.25) is 4.79 Å². The third-order valence-corrected chi connectivity index (χ3v) is 8.23. The SMILES string of the molecule is CC[C@@H]1CC[C@H]2[C@@H]3[C@H](F)CC4=CC(=O)C=C[C@]4(C)[C@H]3CC[C@]12C. The van der Waals surface area contributed by atoms with Gasteiger partial charge in [0.2, 0.25) is 0 Å². The van der Waals surface area contributed by atoms with Crippen LogP contribution in [0, 0.1) is 34.5 Å². The topological polar surface area (TPSA) is 17.1 Å². The molecule has 0 aromatic heterocycles. The van der Waals surface area contributed by atoms with Crippen LogP contribution < -0.4 is 0 Å². The van der Waals surface area contributed by atoms with Gasteiger partial charge in [0, 0.05) is 11.8 Å². The molecule has 4 aliphatic carbocycles. The van der Waals surface area contributed by atoms with Crippen LogP contribution in [0.15, 0.2) is 23.8 Å². The van der Waals surface area contributed by atoms with Crippen molar-refractivity contribution in [2.45, 2.75) is 65.5 Å². The Morgan fingerprint density at radius 2 is 2.00 bits per heavy atom. The Morgan fingerprint density at radius 3 is 2.74 bits per heavy atom. The lowest BCUT2D eigenvalue weighted by atomic mass is 9.47. The average Bonchev–Trinajstić information content (AvgIpc) is 2.85. The third kappa shape index (κ3) is 1.99. The Hall–Kier alpha value is -0.920. The van der Waals surface area contributed by atoms with Gasteiger partial charge in [0.25, 0.3) is 0 Å². The number of halogens is 1. The molecule has 4 aliphatic rings. The fraction of sp³-hybridized carbons (Fsp3) is 0.762. The molecule has 0 N–H and O–H groups in total. The van der Waals surface area contributed by atoms with Crippen molar-refractivity contribution in [3.63, 3.8) is 0 Å². The fourth-order valence-electron chi connectivity index (χ4n) is 6.90. The molecule has 0 radical (unpaired) electrons. The van der Waals surface area contributed by atoms with E-state index >= 15 is 4.39 Å². The molecule has 7 atom stereocenters. The second-order valence-electron chi connectivity index (χ2n) is 8.93. The predicted molar refractivity (Wildman–Crippen MR) is 90.7 cm³/mol. The standard InChI is InChI=1S/C21H29FO/c1-4-13-5-6-16-19-17(8-10-20(13,16)2)21(3)9-7-15(23)11-14(21)12-18(19)22/h7,9,11,13,16-19H,4-6,8,10,12H2,1-3H3/t13-,16+,17+,18-,19+,20-,21+/m1/s1. The minimum atomic E-state index is -0.765. The first kappa shape index (κ1) is 15.6. The molecule has 3 fully saturated rings. The van der Waals surface area contributed by atoms with E-state index < -0.39 is 6.17 Å². The van der Waals surface area contributed by atoms with Gasteiger partial charge in [0.05, 0.1) is 0 Å². The Morgan fingerprint density at radius 1 is 1.22 bits per heavy atom. The molecule has 0 unspecified atom stereocenters. The molecule has 0 saturated heterocycles. The lowest BCUT2D eigenvalue weighted by Gasteiger charge is -2.58. The number of rotatable bonds is 1. The normalized spacial score (nSPS) is 51.7. The van der Waals surface area contributed by atoms with Crippen molar-refractivity contribution < 1.29 is 9.18 Å². The highest BCUT2D eigenvalue weighted by Crippen LogP contribution is 2.66. The molecule has 0 spiro atoms. The van der Waals surface area contributed by atoms with Crippen molar-refractivity contribution in [1.29, 1.82) is 0 Å². The first-order valence-corrected chi connectivity index (χ1v) is 9.48. The summed E-state index contributed by atoms with van der Waals surface area (Å²) in [5, 5.41) is 0. The molecule has 0 aromatic rings. The van der Waals surface area contributed by atoms with Gasteiger partial charge < -0.3 is 0 Å². The largest absolute Gasteiger partial charge is 0.290 e. The molecule has 3 saturated carbocycles. The van der Waals surface area contributed by atoms with Gasteiger partial charge in [-0.15, -0.1) is 0 Å². The van der Waals surface area contributed by atoms with E-state index in [1.54, 1.807) is 12.2 Å². The molecule has 2 heteroatoms. The number of allylic oxidation sites excluding steroid dienone is 4. The zero-order chi connectivity index (χ0) is 16.4. The van der Waals surface area contributed by atoms with E-state index in [0.29, 0.717) is 23.7 Å². The molecular formula is C21H29FO. The molecule has 1 nitrogen and oxygen atoms in total.